The third-order valence-corrected chi connectivity index (χ3v) is 6.79. The Morgan fingerprint density at radius 3 is 2.49 bits per heavy atom. The molecule has 0 aliphatic carbocycles. The molecule has 1 atom stereocenters. The summed E-state index contributed by atoms with van der Waals surface area (Å²) in [5.41, 5.74) is -4.87. The van der Waals surface area contributed by atoms with E-state index in [-0.39, 0.29) is 22.3 Å². The molecule has 2 aromatic heterocycles. The first-order valence-corrected chi connectivity index (χ1v) is 13.5. The first kappa shape index (κ1) is 30.2. The monoisotopic (exact) mass is 588 g/mol. The highest BCUT2D eigenvalue weighted by atomic mass is 35.5. The van der Waals surface area contributed by atoms with Gasteiger partial charge in [-0.1, -0.05) is 32.4 Å². The lowest BCUT2D eigenvalue weighted by molar-refractivity contribution is -0.0429. The number of hydrogen-bond acceptors (Lipinski definition) is 7. The molecule has 0 spiro atoms. The predicted octanol–water partition coefficient (Wildman–Crippen LogP) is 5.42. The minimum Gasteiger partial charge on any atom is -0.453 e. The van der Waals surface area contributed by atoms with Crippen LogP contribution in [0.4, 0.5) is 23.7 Å². The number of hydrogen-bond donors (Lipinski definition) is 3. The molecular formula is C24H28ClF3N6O4S. The van der Waals surface area contributed by atoms with Crippen LogP contribution in [0, 0.1) is 0 Å². The van der Waals surface area contributed by atoms with Crippen molar-refractivity contribution in [2.75, 3.05) is 11.8 Å². The number of nitrogens with zero attached hydrogens (tertiary/aromatic N) is 3. The number of rotatable bonds is 8. The first-order valence-electron chi connectivity index (χ1n) is 11.7. The Balaban J connectivity index is 2.03. The van der Waals surface area contributed by atoms with Gasteiger partial charge in [0.1, 0.15) is 11.6 Å². The fourth-order valence-electron chi connectivity index (χ4n) is 3.46. The van der Waals surface area contributed by atoms with E-state index in [4.69, 9.17) is 11.6 Å². The van der Waals surface area contributed by atoms with Crippen LogP contribution in [0.5, 0.6) is 0 Å². The molecule has 39 heavy (non-hydrogen) atoms. The van der Waals surface area contributed by atoms with Gasteiger partial charge in [0.05, 0.1) is 29.9 Å². The van der Waals surface area contributed by atoms with Gasteiger partial charge in [0.2, 0.25) is 0 Å². The molecule has 0 unspecified atom stereocenters. The minimum atomic E-state index is -5.67. The van der Waals surface area contributed by atoms with Crippen LogP contribution in [0.2, 0.25) is 5.02 Å². The second-order valence-electron chi connectivity index (χ2n) is 9.77. The van der Waals surface area contributed by atoms with Gasteiger partial charge >= 0.3 is 21.6 Å². The van der Waals surface area contributed by atoms with Crippen LogP contribution < -0.4 is 10.0 Å². The lowest BCUT2D eigenvalue weighted by Gasteiger charge is -2.14. The fourth-order valence-corrected chi connectivity index (χ4v) is 4.24. The van der Waals surface area contributed by atoms with Gasteiger partial charge in [-0.25, -0.2) is 19.7 Å². The Hall–Kier alpha value is -3.39. The zero-order chi connectivity index (χ0) is 29.2. The number of H-pyrrole nitrogens is 1. The number of nitrogens with one attached hydrogen (secondary N) is 3. The molecule has 3 rings (SSSR count). The molecule has 0 bridgehead atoms. The van der Waals surface area contributed by atoms with E-state index >= 15 is 0 Å². The minimum absolute atomic E-state index is 0.00546. The van der Waals surface area contributed by atoms with Crippen molar-refractivity contribution in [3.63, 3.8) is 0 Å². The van der Waals surface area contributed by atoms with E-state index < -0.39 is 27.0 Å². The number of aromatic nitrogens is 4. The summed E-state index contributed by atoms with van der Waals surface area (Å²) in [4.78, 5) is 28.2. The molecule has 3 aromatic rings. The van der Waals surface area contributed by atoms with Crippen molar-refractivity contribution >= 4 is 33.4 Å². The van der Waals surface area contributed by atoms with Crippen LogP contribution in [0.15, 0.2) is 30.5 Å². The summed E-state index contributed by atoms with van der Waals surface area (Å²) >= 11 is 6.16. The zero-order valence-corrected chi connectivity index (χ0v) is 23.3. The Bertz CT molecular complexity index is 1450. The van der Waals surface area contributed by atoms with E-state index in [1.54, 1.807) is 12.3 Å². The first-order chi connectivity index (χ1) is 18.0. The third-order valence-electron chi connectivity index (χ3n) is 5.45. The number of anilines is 1. The van der Waals surface area contributed by atoms with Gasteiger partial charge in [0, 0.05) is 34.7 Å². The maximum Gasteiger partial charge on any atom is 0.516 e. The SMILES string of the molecule is COC(=O)N[C@@H](C)CCc1nccc(-c2[nH]c(C(C)(C)C)nc2-c2cc(Cl)cc(NS(=O)(=O)C(F)(F)F)c2)n1. The smallest absolute Gasteiger partial charge is 0.453 e. The maximum atomic E-state index is 13.0. The highest BCUT2D eigenvalue weighted by molar-refractivity contribution is 7.93. The van der Waals surface area contributed by atoms with Crippen LogP contribution in [0.1, 0.15) is 45.8 Å². The third kappa shape index (κ3) is 7.60. The summed E-state index contributed by atoms with van der Waals surface area (Å²) in [6.07, 6.45) is 1.96. The number of benzene rings is 1. The number of methoxy groups -OCH3 is 1. The molecule has 0 saturated heterocycles. The largest absolute Gasteiger partial charge is 0.516 e. The summed E-state index contributed by atoms with van der Waals surface area (Å²) in [6.45, 7) is 7.57. The highest BCUT2D eigenvalue weighted by Crippen LogP contribution is 2.36. The van der Waals surface area contributed by atoms with Gasteiger partial charge in [0.25, 0.3) is 0 Å². The van der Waals surface area contributed by atoms with E-state index in [1.165, 1.54) is 24.0 Å². The molecule has 0 aliphatic rings. The normalized spacial score (nSPS) is 13.2. The van der Waals surface area contributed by atoms with Crippen LogP contribution in [0.3, 0.4) is 0 Å². The average Bonchev–Trinajstić information content (AvgIpc) is 3.28. The van der Waals surface area contributed by atoms with Gasteiger partial charge in [0.15, 0.2) is 0 Å². The second-order valence-corrected chi connectivity index (χ2v) is 11.9. The van der Waals surface area contributed by atoms with Crippen LogP contribution >= 0.6 is 11.6 Å². The number of aryl methyl sites for hydroxylation is 1. The van der Waals surface area contributed by atoms with Crippen LogP contribution in [-0.2, 0) is 26.6 Å². The van der Waals surface area contributed by atoms with Crippen LogP contribution in [0.25, 0.3) is 22.6 Å². The van der Waals surface area contributed by atoms with E-state index in [0.717, 1.165) is 6.07 Å². The second kappa shape index (κ2) is 11.4. The summed E-state index contributed by atoms with van der Waals surface area (Å²) in [7, 11) is -4.39. The van der Waals surface area contributed by atoms with E-state index in [9.17, 15) is 26.4 Å². The van der Waals surface area contributed by atoms with Gasteiger partial charge in [-0.3, -0.25) is 4.72 Å². The van der Waals surface area contributed by atoms with Crippen molar-refractivity contribution in [2.24, 2.45) is 0 Å². The van der Waals surface area contributed by atoms with E-state index in [2.05, 4.69) is 30.0 Å². The molecule has 2 heterocycles. The number of carbonyl (C=O) groups is 1. The van der Waals surface area contributed by atoms with E-state index in [1.807, 2.05) is 27.7 Å². The number of carbonyl (C=O) groups excluding carboxylic acids is 1. The lowest BCUT2D eigenvalue weighted by Crippen LogP contribution is -2.32. The van der Waals surface area contributed by atoms with Gasteiger partial charge in [-0.15, -0.1) is 0 Å². The number of amides is 1. The summed E-state index contributed by atoms with van der Waals surface area (Å²) < 4.78 is 68.3. The van der Waals surface area contributed by atoms with Crippen LogP contribution in [-0.4, -0.2) is 53.1 Å². The summed E-state index contributed by atoms with van der Waals surface area (Å²) in [5.74, 6) is 1.04. The number of sulfonamides is 1. The van der Waals surface area contributed by atoms with Crippen molar-refractivity contribution in [1.82, 2.24) is 25.3 Å². The fraction of sp³-hybridized carbons (Fsp3) is 0.417. The molecule has 0 aliphatic heterocycles. The molecule has 3 N–H and O–H groups in total. The molecule has 212 valence electrons. The van der Waals surface area contributed by atoms with Gasteiger partial charge in [-0.05, 0) is 37.6 Å². The molecule has 0 saturated carbocycles. The Morgan fingerprint density at radius 1 is 1.18 bits per heavy atom. The van der Waals surface area contributed by atoms with Gasteiger partial charge < -0.3 is 15.0 Å². The standard InChI is InChI=1S/C24H28ClF3N6O4S/c1-13(30-22(35)38-5)6-7-18-29-9-8-17(31-18)20-19(32-21(33-20)23(2,3)4)14-10-15(25)12-16(11-14)34-39(36,37)24(26,27)28/h8-13,34H,6-7H2,1-5H3,(H,30,35)(H,32,33)/t13-/m0/s1. The lowest BCUT2D eigenvalue weighted by atomic mass is 9.96. The number of ether oxygens (including phenoxy) is 1. The number of alkyl carbamates (subject to hydrolysis) is 1. The van der Waals surface area contributed by atoms with Gasteiger partial charge in [-0.2, -0.15) is 21.6 Å². The number of imidazole rings is 1. The number of halogens is 4. The molecule has 1 aromatic carbocycles. The molecule has 15 heteroatoms. The molecule has 0 fully saturated rings. The zero-order valence-electron chi connectivity index (χ0n) is 21.8. The van der Waals surface area contributed by atoms with Crippen molar-refractivity contribution in [2.45, 2.75) is 57.5 Å². The van der Waals surface area contributed by atoms with E-state index in [0.29, 0.717) is 41.6 Å². The molecule has 0 radical (unpaired) electrons. The Kier molecular flexibility index (Phi) is 8.80. The number of alkyl halides is 3. The Labute approximate surface area is 228 Å². The molecule has 1 amide bonds. The molecule has 10 nitrogen and oxygen atoms in total. The maximum absolute atomic E-state index is 13.0. The topological polar surface area (TPSA) is 139 Å². The number of aromatic amines is 1. The molecular weight excluding hydrogens is 561 g/mol. The van der Waals surface area contributed by atoms with Crippen molar-refractivity contribution in [3.05, 3.63) is 47.1 Å². The predicted molar refractivity (Wildman–Crippen MR) is 141 cm³/mol. The summed E-state index contributed by atoms with van der Waals surface area (Å²) in [5, 5.41) is 2.66. The van der Waals surface area contributed by atoms with Crippen molar-refractivity contribution in [3.8, 4) is 22.6 Å². The van der Waals surface area contributed by atoms with Crippen molar-refractivity contribution < 1.29 is 31.1 Å². The highest BCUT2D eigenvalue weighted by Gasteiger charge is 2.46. The summed E-state index contributed by atoms with van der Waals surface area (Å²) in [6, 6.07) is 5.17. The average molecular weight is 589 g/mol. The van der Waals surface area contributed by atoms with Crippen molar-refractivity contribution in [1.29, 1.82) is 0 Å². The quantitative estimate of drug-likeness (QED) is 0.319. The Morgan fingerprint density at radius 2 is 1.87 bits per heavy atom.